The number of aromatic nitrogens is 5. The molecule has 0 aromatic carbocycles. The van der Waals surface area contributed by atoms with Gasteiger partial charge in [0.2, 0.25) is 11.7 Å². The molecule has 1 N–H and O–H groups in total. The summed E-state index contributed by atoms with van der Waals surface area (Å²) in [6, 6.07) is 11.6. The van der Waals surface area contributed by atoms with Crippen molar-refractivity contribution >= 4 is 28.7 Å². The molecule has 1 atom stereocenters. The van der Waals surface area contributed by atoms with Gasteiger partial charge < -0.3 is 20.0 Å². The Kier molecular flexibility index (Phi) is 7.56. The van der Waals surface area contributed by atoms with E-state index in [1.807, 2.05) is 49.2 Å². The third kappa shape index (κ3) is 5.54. The molecule has 2 aliphatic rings. The van der Waals surface area contributed by atoms with Crippen LogP contribution in [0.1, 0.15) is 30.7 Å². The van der Waals surface area contributed by atoms with E-state index in [9.17, 15) is 4.79 Å². The number of fused-ring (bicyclic) bond motifs is 1. The van der Waals surface area contributed by atoms with E-state index in [1.165, 1.54) is 0 Å². The highest BCUT2D eigenvalue weighted by Crippen LogP contribution is 2.31. The van der Waals surface area contributed by atoms with Gasteiger partial charge in [-0.15, -0.1) is 0 Å². The summed E-state index contributed by atoms with van der Waals surface area (Å²) in [6.45, 7) is 7.54. The normalized spacial score (nSPS) is 17.4. The Morgan fingerprint density at radius 1 is 1.07 bits per heavy atom. The first-order valence-corrected chi connectivity index (χ1v) is 14.3. The van der Waals surface area contributed by atoms with Crippen LogP contribution in [0.5, 0.6) is 0 Å². The summed E-state index contributed by atoms with van der Waals surface area (Å²) in [6.07, 6.45) is 4.89. The minimum absolute atomic E-state index is 0.104. The summed E-state index contributed by atoms with van der Waals surface area (Å²) >= 11 is 0. The molecular weight excluding hydrogens is 535 g/mol. The summed E-state index contributed by atoms with van der Waals surface area (Å²) in [5, 5.41) is 16.7. The van der Waals surface area contributed by atoms with Crippen molar-refractivity contribution in [2.24, 2.45) is 0 Å². The molecule has 0 saturated carbocycles. The Morgan fingerprint density at radius 3 is 2.60 bits per heavy atom. The first kappa shape index (κ1) is 27.4. The van der Waals surface area contributed by atoms with E-state index in [2.05, 4.69) is 37.4 Å². The van der Waals surface area contributed by atoms with Gasteiger partial charge >= 0.3 is 0 Å². The van der Waals surface area contributed by atoms with Gasteiger partial charge in [-0.05, 0) is 51.0 Å². The van der Waals surface area contributed by atoms with Crippen LogP contribution >= 0.6 is 0 Å². The lowest BCUT2D eigenvalue weighted by atomic mass is 10.1. The summed E-state index contributed by atoms with van der Waals surface area (Å²) in [5.74, 6) is 0.00338. The molecule has 6 rings (SSSR count). The lowest BCUT2D eigenvalue weighted by Crippen LogP contribution is -2.47. The number of hydrogen-bond donors (Lipinski definition) is 1. The molecule has 6 heterocycles. The average Bonchev–Trinajstić information content (AvgIpc) is 3.42. The van der Waals surface area contributed by atoms with Gasteiger partial charge in [0.15, 0.2) is 17.5 Å². The van der Waals surface area contributed by atoms with Crippen LogP contribution < -0.4 is 15.1 Å². The molecule has 42 heavy (non-hydrogen) atoms. The van der Waals surface area contributed by atoms with Crippen LogP contribution in [0.2, 0.25) is 0 Å². The number of carbonyl (C=O) groups is 1. The van der Waals surface area contributed by atoms with E-state index in [1.54, 1.807) is 15.6 Å². The topological polar surface area (TPSA) is 119 Å². The number of piperidine rings is 1. The first-order valence-electron chi connectivity index (χ1n) is 14.3. The second kappa shape index (κ2) is 11.6. The van der Waals surface area contributed by atoms with E-state index >= 15 is 4.39 Å². The molecule has 216 valence electrons. The predicted molar refractivity (Wildman–Crippen MR) is 158 cm³/mol. The standard InChI is InChI=1S/C30H33FN10O/c1-20-16-23(17-21(2)34-20)38-12-14-39(15-13-38)30-27(31)29(35-22-6-5-10-40(19-22)26(42)8-9-32)36-28(37-30)24-18-33-41-11-4-3-7-25(24)41/h3-4,7,11,16-18,22H,5-6,8,10,12-15,19H2,1-2H3,(H,35,36,37)/t22-/m1/s1. The second-order valence-corrected chi connectivity index (χ2v) is 10.9. The van der Waals surface area contributed by atoms with Crippen molar-refractivity contribution in [1.29, 1.82) is 5.26 Å². The van der Waals surface area contributed by atoms with Crippen molar-refractivity contribution in [3.8, 4) is 17.5 Å². The number of nitrogens with one attached hydrogen (secondary N) is 1. The van der Waals surface area contributed by atoms with E-state index in [0.717, 1.165) is 35.4 Å². The SMILES string of the molecule is Cc1cc(N2CCN(c3nc(-c4cnn5ccccc45)nc(N[C@@H]4CCCN(C(=O)CC#N)C4)c3F)CC2)cc(C)n1. The van der Waals surface area contributed by atoms with Crippen molar-refractivity contribution < 1.29 is 9.18 Å². The lowest BCUT2D eigenvalue weighted by molar-refractivity contribution is -0.131. The Hall–Kier alpha value is -4.79. The quantitative estimate of drug-likeness (QED) is 0.372. The number of carbonyl (C=O) groups excluding carboxylic acids is 1. The fourth-order valence-corrected chi connectivity index (χ4v) is 5.83. The molecule has 2 saturated heterocycles. The number of nitrogens with zero attached hydrogens (tertiary/aromatic N) is 9. The smallest absolute Gasteiger partial charge is 0.236 e. The molecule has 0 aliphatic carbocycles. The fraction of sp³-hybridized carbons (Fsp3) is 0.400. The lowest BCUT2D eigenvalue weighted by Gasteiger charge is -2.37. The van der Waals surface area contributed by atoms with Gasteiger partial charge in [0, 0.05) is 68.6 Å². The van der Waals surface area contributed by atoms with Crippen LogP contribution in [0.4, 0.5) is 21.7 Å². The maximum Gasteiger partial charge on any atom is 0.236 e. The molecule has 0 spiro atoms. The van der Waals surface area contributed by atoms with Gasteiger partial charge in [0.25, 0.3) is 0 Å². The van der Waals surface area contributed by atoms with Crippen molar-refractivity contribution in [3.05, 3.63) is 59.9 Å². The third-order valence-electron chi connectivity index (χ3n) is 7.86. The zero-order valence-corrected chi connectivity index (χ0v) is 23.8. The Morgan fingerprint density at radius 2 is 1.83 bits per heavy atom. The Bertz CT molecular complexity index is 1640. The van der Waals surface area contributed by atoms with Gasteiger partial charge in [-0.3, -0.25) is 9.78 Å². The van der Waals surface area contributed by atoms with Crippen LogP contribution in [0.25, 0.3) is 16.9 Å². The number of amides is 1. The minimum atomic E-state index is -0.514. The predicted octanol–water partition coefficient (Wildman–Crippen LogP) is 3.59. The van der Waals surface area contributed by atoms with Crippen molar-refractivity contribution in [1.82, 2.24) is 29.5 Å². The van der Waals surface area contributed by atoms with Gasteiger partial charge in [0.1, 0.15) is 6.42 Å². The summed E-state index contributed by atoms with van der Waals surface area (Å²) in [7, 11) is 0. The molecule has 2 aliphatic heterocycles. The number of nitriles is 1. The zero-order valence-electron chi connectivity index (χ0n) is 23.8. The van der Waals surface area contributed by atoms with E-state index in [0.29, 0.717) is 50.7 Å². The fourth-order valence-electron chi connectivity index (χ4n) is 5.83. The number of anilines is 3. The highest BCUT2D eigenvalue weighted by molar-refractivity contribution is 5.79. The Balaban J connectivity index is 1.31. The molecule has 11 nitrogen and oxygen atoms in total. The first-order chi connectivity index (χ1) is 20.4. The monoisotopic (exact) mass is 568 g/mol. The maximum absolute atomic E-state index is 16.3. The van der Waals surface area contributed by atoms with E-state index < -0.39 is 5.82 Å². The molecule has 2 fully saturated rings. The summed E-state index contributed by atoms with van der Waals surface area (Å²) in [4.78, 5) is 32.2. The molecule has 4 aromatic rings. The summed E-state index contributed by atoms with van der Waals surface area (Å²) < 4.78 is 18.0. The largest absolute Gasteiger partial charge is 0.368 e. The number of aryl methyl sites for hydroxylation is 2. The van der Waals surface area contributed by atoms with Crippen molar-refractivity contribution in [2.45, 2.75) is 39.2 Å². The van der Waals surface area contributed by atoms with Crippen molar-refractivity contribution in [3.63, 3.8) is 0 Å². The minimum Gasteiger partial charge on any atom is -0.368 e. The molecule has 12 heteroatoms. The van der Waals surface area contributed by atoms with Crippen LogP contribution in [-0.2, 0) is 4.79 Å². The Labute approximate surface area is 243 Å². The van der Waals surface area contributed by atoms with Crippen LogP contribution in [0.3, 0.4) is 0 Å². The number of hydrogen-bond acceptors (Lipinski definition) is 9. The van der Waals surface area contributed by atoms with Gasteiger partial charge in [0.05, 0.1) is 23.3 Å². The number of likely N-dealkylation sites (tertiary alicyclic amines) is 1. The number of piperazine rings is 1. The third-order valence-corrected chi connectivity index (χ3v) is 7.86. The number of halogens is 1. The molecule has 1 amide bonds. The molecule has 0 radical (unpaired) electrons. The highest BCUT2D eigenvalue weighted by atomic mass is 19.1. The molecular formula is C30H33FN10O. The molecule has 0 unspecified atom stereocenters. The zero-order chi connectivity index (χ0) is 29.2. The molecule has 4 aromatic heterocycles. The van der Waals surface area contributed by atoms with Gasteiger partial charge in [-0.1, -0.05) is 6.07 Å². The second-order valence-electron chi connectivity index (χ2n) is 10.9. The van der Waals surface area contributed by atoms with Crippen LogP contribution in [0.15, 0.2) is 42.7 Å². The van der Waals surface area contributed by atoms with E-state index in [4.69, 9.17) is 10.2 Å². The summed E-state index contributed by atoms with van der Waals surface area (Å²) in [5.41, 5.74) is 4.58. The average molecular weight is 569 g/mol. The maximum atomic E-state index is 16.3. The van der Waals surface area contributed by atoms with Crippen LogP contribution in [0, 0.1) is 31.0 Å². The van der Waals surface area contributed by atoms with Crippen LogP contribution in [-0.4, -0.2) is 80.7 Å². The highest BCUT2D eigenvalue weighted by Gasteiger charge is 2.29. The number of pyridine rings is 2. The van der Waals surface area contributed by atoms with Gasteiger partial charge in [-0.25, -0.2) is 14.5 Å². The van der Waals surface area contributed by atoms with Gasteiger partial charge in [-0.2, -0.15) is 14.8 Å². The van der Waals surface area contributed by atoms with E-state index in [-0.39, 0.29) is 30.0 Å². The van der Waals surface area contributed by atoms with Crippen molar-refractivity contribution in [2.75, 3.05) is 54.4 Å². The molecule has 0 bridgehead atoms. The number of rotatable bonds is 6.